The molecule has 1 aromatic carbocycles. The van der Waals surface area contributed by atoms with Gasteiger partial charge in [0.05, 0.1) is 5.69 Å². The maximum absolute atomic E-state index is 11.4. The maximum Gasteiger partial charge on any atom is 0.354 e. The van der Waals surface area contributed by atoms with Crippen LogP contribution in [0.4, 0.5) is 5.95 Å². The number of rotatable bonds is 3. The second kappa shape index (κ2) is 6.13. The predicted octanol–water partition coefficient (Wildman–Crippen LogP) is 3.14. The van der Waals surface area contributed by atoms with E-state index in [9.17, 15) is 9.90 Å². The molecule has 1 aliphatic heterocycles. The summed E-state index contributed by atoms with van der Waals surface area (Å²) in [5.41, 5.74) is 2.78. The standard InChI is InChI=1S/C17H19N3O2/c1-12-5-7-13(8-6-12)14-11-15(16(21)22)19-17(18-14)20-9-3-2-4-10-20/h5-8,11H,2-4,9-10H2,1H3,(H,21,22). The van der Waals surface area contributed by atoms with Gasteiger partial charge in [-0.05, 0) is 32.3 Å². The van der Waals surface area contributed by atoms with Crippen molar-refractivity contribution < 1.29 is 9.90 Å². The molecule has 1 fully saturated rings. The molecule has 0 atom stereocenters. The normalized spacial score (nSPS) is 14.9. The van der Waals surface area contributed by atoms with Gasteiger partial charge in [-0.1, -0.05) is 29.8 Å². The molecule has 1 aromatic heterocycles. The van der Waals surface area contributed by atoms with E-state index >= 15 is 0 Å². The molecule has 5 heteroatoms. The van der Waals surface area contributed by atoms with Gasteiger partial charge in [-0.2, -0.15) is 0 Å². The van der Waals surface area contributed by atoms with E-state index in [1.807, 2.05) is 31.2 Å². The van der Waals surface area contributed by atoms with Crippen LogP contribution in [0.2, 0.25) is 0 Å². The molecule has 5 nitrogen and oxygen atoms in total. The van der Waals surface area contributed by atoms with E-state index in [1.165, 1.54) is 6.42 Å². The summed E-state index contributed by atoms with van der Waals surface area (Å²) in [5, 5.41) is 9.31. The van der Waals surface area contributed by atoms with E-state index in [-0.39, 0.29) is 5.69 Å². The van der Waals surface area contributed by atoms with E-state index in [0.717, 1.165) is 37.1 Å². The van der Waals surface area contributed by atoms with Gasteiger partial charge in [0.25, 0.3) is 0 Å². The van der Waals surface area contributed by atoms with E-state index in [0.29, 0.717) is 11.6 Å². The summed E-state index contributed by atoms with van der Waals surface area (Å²) < 4.78 is 0. The molecule has 0 spiro atoms. The molecule has 2 aromatic rings. The lowest BCUT2D eigenvalue weighted by atomic mass is 10.1. The molecule has 0 unspecified atom stereocenters. The first-order chi connectivity index (χ1) is 10.6. The molecule has 1 saturated heterocycles. The summed E-state index contributed by atoms with van der Waals surface area (Å²) in [6.07, 6.45) is 3.40. The first-order valence-electron chi connectivity index (χ1n) is 7.58. The van der Waals surface area contributed by atoms with Crippen molar-refractivity contribution in [1.82, 2.24) is 9.97 Å². The van der Waals surface area contributed by atoms with Crippen LogP contribution in [0.5, 0.6) is 0 Å². The van der Waals surface area contributed by atoms with Gasteiger partial charge in [0, 0.05) is 18.7 Å². The lowest BCUT2D eigenvalue weighted by Crippen LogP contribution is -2.31. The Bertz CT molecular complexity index is 677. The molecule has 0 aliphatic carbocycles. The highest BCUT2D eigenvalue weighted by Gasteiger charge is 2.18. The topological polar surface area (TPSA) is 66.3 Å². The number of hydrogen-bond acceptors (Lipinski definition) is 4. The number of nitrogens with zero attached hydrogens (tertiary/aromatic N) is 3. The van der Waals surface area contributed by atoms with E-state index in [4.69, 9.17) is 0 Å². The van der Waals surface area contributed by atoms with Crippen molar-refractivity contribution in [1.29, 1.82) is 0 Å². The fraction of sp³-hybridized carbons (Fsp3) is 0.353. The van der Waals surface area contributed by atoms with E-state index < -0.39 is 5.97 Å². The molecule has 0 saturated carbocycles. The molecular weight excluding hydrogens is 278 g/mol. The first-order valence-corrected chi connectivity index (χ1v) is 7.58. The molecule has 0 bridgehead atoms. The Morgan fingerprint density at radius 1 is 1.09 bits per heavy atom. The van der Waals surface area contributed by atoms with Gasteiger partial charge in [0.1, 0.15) is 0 Å². The Hall–Kier alpha value is -2.43. The quantitative estimate of drug-likeness (QED) is 0.942. The molecule has 2 heterocycles. The van der Waals surface area contributed by atoms with Crippen molar-refractivity contribution in [3.8, 4) is 11.3 Å². The Kier molecular flexibility index (Phi) is 4.04. The van der Waals surface area contributed by atoms with Crippen LogP contribution < -0.4 is 4.90 Å². The van der Waals surface area contributed by atoms with Gasteiger partial charge in [-0.25, -0.2) is 14.8 Å². The number of piperidine rings is 1. The van der Waals surface area contributed by atoms with Crippen molar-refractivity contribution in [2.24, 2.45) is 0 Å². The average Bonchev–Trinajstić information content (AvgIpc) is 2.56. The first kappa shape index (κ1) is 14.5. The highest BCUT2D eigenvalue weighted by Crippen LogP contribution is 2.23. The van der Waals surface area contributed by atoms with Crippen molar-refractivity contribution in [2.45, 2.75) is 26.2 Å². The molecule has 1 N–H and O–H groups in total. The van der Waals surface area contributed by atoms with Crippen LogP contribution in [-0.2, 0) is 0 Å². The Morgan fingerprint density at radius 2 is 1.77 bits per heavy atom. The minimum Gasteiger partial charge on any atom is -0.477 e. The van der Waals surface area contributed by atoms with Gasteiger partial charge in [-0.3, -0.25) is 0 Å². The summed E-state index contributed by atoms with van der Waals surface area (Å²) in [4.78, 5) is 22.2. The highest BCUT2D eigenvalue weighted by atomic mass is 16.4. The Balaban J connectivity index is 2.03. The smallest absolute Gasteiger partial charge is 0.354 e. The summed E-state index contributed by atoms with van der Waals surface area (Å²) in [7, 11) is 0. The molecular formula is C17H19N3O2. The number of hydrogen-bond donors (Lipinski definition) is 1. The third-order valence-corrected chi connectivity index (χ3v) is 3.92. The minimum absolute atomic E-state index is 0.0474. The molecule has 1 aliphatic rings. The van der Waals surface area contributed by atoms with E-state index in [2.05, 4.69) is 14.9 Å². The molecule has 114 valence electrons. The summed E-state index contributed by atoms with van der Waals surface area (Å²) in [6.45, 7) is 3.79. The fourth-order valence-corrected chi connectivity index (χ4v) is 2.65. The SMILES string of the molecule is Cc1ccc(-c2cc(C(=O)O)nc(N3CCCCC3)n2)cc1. The fourth-order valence-electron chi connectivity index (χ4n) is 2.65. The monoisotopic (exact) mass is 297 g/mol. The maximum atomic E-state index is 11.4. The van der Waals surface area contributed by atoms with Gasteiger partial charge in [0.2, 0.25) is 5.95 Å². The summed E-state index contributed by atoms with van der Waals surface area (Å²) in [5.74, 6) is -0.496. The molecule has 22 heavy (non-hydrogen) atoms. The van der Waals surface area contributed by atoms with Crippen LogP contribution >= 0.6 is 0 Å². The second-order valence-electron chi connectivity index (χ2n) is 5.66. The zero-order valence-electron chi connectivity index (χ0n) is 12.6. The third-order valence-electron chi connectivity index (χ3n) is 3.92. The summed E-state index contributed by atoms with van der Waals surface area (Å²) >= 11 is 0. The minimum atomic E-state index is -1.02. The van der Waals surface area contributed by atoms with Gasteiger partial charge in [-0.15, -0.1) is 0 Å². The van der Waals surface area contributed by atoms with Crippen LogP contribution in [0.3, 0.4) is 0 Å². The Labute approximate surface area is 129 Å². The van der Waals surface area contributed by atoms with Crippen molar-refractivity contribution in [3.05, 3.63) is 41.6 Å². The predicted molar refractivity (Wildman–Crippen MR) is 85.2 cm³/mol. The number of aromatic carboxylic acids is 1. The number of carboxylic acid groups (broad SMARTS) is 1. The number of carbonyl (C=O) groups is 1. The molecule has 0 amide bonds. The number of benzene rings is 1. The van der Waals surface area contributed by atoms with Gasteiger partial charge >= 0.3 is 5.97 Å². The largest absolute Gasteiger partial charge is 0.477 e. The van der Waals surface area contributed by atoms with Gasteiger partial charge < -0.3 is 10.0 Å². The summed E-state index contributed by atoms with van der Waals surface area (Å²) in [6, 6.07) is 9.46. The van der Waals surface area contributed by atoms with Crippen LogP contribution in [0.1, 0.15) is 35.3 Å². The highest BCUT2D eigenvalue weighted by molar-refractivity contribution is 5.87. The molecule has 0 radical (unpaired) electrons. The number of anilines is 1. The van der Waals surface area contributed by atoms with Crippen LogP contribution in [0.25, 0.3) is 11.3 Å². The number of carboxylic acids is 1. The zero-order valence-corrected chi connectivity index (χ0v) is 12.6. The lowest BCUT2D eigenvalue weighted by Gasteiger charge is -2.27. The van der Waals surface area contributed by atoms with Crippen molar-refractivity contribution in [3.63, 3.8) is 0 Å². The average molecular weight is 297 g/mol. The number of aryl methyl sites for hydroxylation is 1. The third kappa shape index (κ3) is 3.08. The zero-order chi connectivity index (χ0) is 15.5. The van der Waals surface area contributed by atoms with Crippen LogP contribution in [0.15, 0.2) is 30.3 Å². The van der Waals surface area contributed by atoms with Crippen molar-refractivity contribution >= 4 is 11.9 Å². The van der Waals surface area contributed by atoms with Crippen molar-refractivity contribution in [2.75, 3.05) is 18.0 Å². The lowest BCUT2D eigenvalue weighted by molar-refractivity contribution is 0.0690. The van der Waals surface area contributed by atoms with Crippen LogP contribution in [-0.4, -0.2) is 34.1 Å². The van der Waals surface area contributed by atoms with E-state index in [1.54, 1.807) is 6.07 Å². The second-order valence-corrected chi connectivity index (χ2v) is 5.66. The number of aromatic nitrogens is 2. The van der Waals surface area contributed by atoms with Gasteiger partial charge in [0.15, 0.2) is 5.69 Å². The molecule has 3 rings (SSSR count). The Morgan fingerprint density at radius 3 is 2.41 bits per heavy atom. The van der Waals surface area contributed by atoms with Crippen LogP contribution in [0, 0.1) is 6.92 Å².